The first-order chi connectivity index (χ1) is 9.17. The quantitative estimate of drug-likeness (QED) is 0.823. The summed E-state index contributed by atoms with van der Waals surface area (Å²) >= 11 is 0. The number of aliphatic hydroxyl groups excluding tert-OH is 1. The van der Waals surface area contributed by atoms with E-state index in [0.717, 1.165) is 24.6 Å². The fourth-order valence-corrected chi connectivity index (χ4v) is 2.15. The molecule has 1 N–H and O–H groups in total. The van der Waals surface area contributed by atoms with E-state index < -0.39 is 0 Å². The summed E-state index contributed by atoms with van der Waals surface area (Å²) in [7, 11) is 2.07. The minimum atomic E-state index is -0.245. The molecule has 1 aromatic carbocycles. The second-order valence-electron chi connectivity index (χ2n) is 5.26. The Kier molecular flexibility index (Phi) is 4.95. The van der Waals surface area contributed by atoms with Gasteiger partial charge >= 0.3 is 0 Å². The van der Waals surface area contributed by atoms with E-state index in [9.17, 15) is 4.39 Å². The van der Waals surface area contributed by atoms with E-state index in [0.29, 0.717) is 12.0 Å². The number of rotatable bonds is 5. The molecule has 0 bridgehead atoms. The number of nitrogens with zero attached hydrogens (tertiary/aromatic N) is 1. The first kappa shape index (κ1) is 14.0. The molecule has 0 heterocycles. The zero-order valence-electron chi connectivity index (χ0n) is 11.3. The van der Waals surface area contributed by atoms with E-state index in [4.69, 9.17) is 5.11 Å². The Labute approximate surface area is 114 Å². The van der Waals surface area contributed by atoms with Crippen LogP contribution < -0.4 is 0 Å². The largest absolute Gasteiger partial charge is 0.395 e. The summed E-state index contributed by atoms with van der Waals surface area (Å²) in [5, 5.41) is 8.68. The lowest BCUT2D eigenvalue weighted by Crippen LogP contribution is -2.20. The summed E-state index contributed by atoms with van der Waals surface area (Å²) in [5.74, 6) is 6.30. The van der Waals surface area contributed by atoms with Gasteiger partial charge in [-0.1, -0.05) is 11.8 Å². The fourth-order valence-electron chi connectivity index (χ4n) is 2.15. The van der Waals surface area contributed by atoms with E-state index in [1.54, 1.807) is 6.07 Å². The molecule has 0 spiro atoms. The molecule has 1 saturated carbocycles. The third-order valence-corrected chi connectivity index (χ3v) is 3.15. The van der Waals surface area contributed by atoms with Gasteiger partial charge in [-0.15, -0.1) is 0 Å². The van der Waals surface area contributed by atoms with Crippen molar-refractivity contribution in [3.8, 4) is 11.8 Å². The molecule has 3 heteroatoms. The maximum absolute atomic E-state index is 13.5. The highest BCUT2D eigenvalue weighted by Crippen LogP contribution is 2.29. The van der Waals surface area contributed by atoms with E-state index in [1.165, 1.54) is 18.9 Å². The van der Waals surface area contributed by atoms with E-state index in [2.05, 4.69) is 23.8 Å². The summed E-state index contributed by atoms with van der Waals surface area (Å²) in [6.07, 6.45) is 3.07. The zero-order valence-corrected chi connectivity index (χ0v) is 11.3. The molecule has 1 fully saturated rings. The fraction of sp³-hybridized carbons (Fsp3) is 0.500. The lowest BCUT2D eigenvalue weighted by atomic mass is 10.1. The highest BCUT2D eigenvalue weighted by Gasteiger charge is 2.22. The van der Waals surface area contributed by atoms with Gasteiger partial charge in [-0.05, 0) is 49.6 Å². The van der Waals surface area contributed by atoms with Crippen LogP contribution in [0, 0.1) is 23.6 Å². The van der Waals surface area contributed by atoms with E-state index in [-0.39, 0.29) is 12.4 Å². The standard InChI is InChI=1S/C16H20FNO/c1-18(11-13-5-6-13)12-15-8-14(4-2-3-7-19)9-16(17)10-15/h8-10,13,19H,3,5-7,11-12H2,1H3. The van der Waals surface area contributed by atoms with Gasteiger partial charge in [0, 0.05) is 25.1 Å². The average molecular weight is 261 g/mol. The Balaban J connectivity index is 2.01. The number of hydrogen-bond donors (Lipinski definition) is 1. The first-order valence-electron chi connectivity index (χ1n) is 6.75. The Morgan fingerprint density at radius 2 is 2.16 bits per heavy atom. The predicted molar refractivity (Wildman–Crippen MR) is 74.0 cm³/mol. The van der Waals surface area contributed by atoms with Crippen molar-refractivity contribution >= 4 is 0 Å². The number of halogens is 1. The molecule has 0 radical (unpaired) electrons. The van der Waals surface area contributed by atoms with Crippen molar-refractivity contribution in [1.29, 1.82) is 0 Å². The van der Waals surface area contributed by atoms with Crippen LogP contribution in [0.3, 0.4) is 0 Å². The SMILES string of the molecule is CN(Cc1cc(F)cc(C#CCCO)c1)CC1CC1. The third-order valence-electron chi connectivity index (χ3n) is 3.15. The van der Waals surface area contributed by atoms with Gasteiger partial charge < -0.3 is 10.0 Å². The van der Waals surface area contributed by atoms with Crippen LogP contribution in [0.15, 0.2) is 18.2 Å². The average Bonchev–Trinajstić information content (AvgIpc) is 3.12. The zero-order chi connectivity index (χ0) is 13.7. The second kappa shape index (κ2) is 6.70. The maximum atomic E-state index is 13.5. The van der Waals surface area contributed by atoms with Crippen LogP contribution in [0.1, 0.15) is 30.4 Å². The van der Waals surface area contributed by atoms with Crippen molar-refractivity contribution in [3.63, 3.8) is 0 Å². The van der Waals surface area contributed by atoms with Gasteiger partial charge in [0.15, 0.2) is 0 Å². The summed E-state index contributed by atoms with van der Waals surface area (Å²) in [6, 6.07) is 4.94. The number of benzene rings is 1. The first-order valence-corrected chi connectivity index (χ1v) is 6.75. The molecule has 1 aliphatic carbocycles. The molecule has 0 amide bonds. The molecule has 0 saturated heterocycles. The molecule has 102 valence electrons. The van der Waals surface area contributed by atoms with Crippen molar-refractivity contribution in [2.45, 2.75) is 25.8 Å². The Bertz CT molecular complexity index is 485. The van der Waals surface area contributed by atoms with Gasteiger partial charge in [0.1, 0.15) is 5.82 Å². The molecule has 0 atom stereocenters. The van der Waals surface area contributed by atoms with Crippen molar-refractivity contribution in [2.24, 2.45) is 5.92 Å². The van der Waals surface area contributed by atoms with Crippen molar-refractivity contribution in [2.75, 3.05) is 20.2 Å². The molecule has 19 heavy (non-hydrogen) atoms. The smallest absolute Gasteiger partial charge is 0.124 e. The highest BCUT2D eigenvalue weighted by atomic mass is 19.1. The molecule has 0 unspecified atom stereocenters. The monoisotopic (exact) mass is 261 g/mol. The lowest BCUT2D eigenvalue weighted by Gasteiger charge is -2.16. The van der Waals surface area contributed by atoms with E-state index >= 15 is 0 Å². The van der Waals surface area contributed by atoms with Crippen LogP contribution in [0.25, 0.3) is 0 Å². The summed E-state index contributed by atoms with van der Waals surface area (Å²) in [4.78, 5) is 2.23. The topological polar surface area (TPSA) is 23.5 Å². The van der Waals surface area contributed by atoms with Gasteiger partial charge in [0.2, 0.25) is 0 Å². The van der Waals surface area contributed by atoms with Gasteiger partial charge in [0.25, 0.3) is 0 Å². The molecule has 2 rings (SSSR count). The lowest BCUT2D eigenvalue weighted by molar-refractivity contribution is 0.305. The predicted octanol–water partition coefficient (Wildman–Crippen LogP) is 2.40. The van der Waals surface area contributed by atoms with Crippen LogP contribution in [-0.4, -0.2) is 30.2 Å². The normalized spacial score (nSPS) is 14.3. The summed E-state index contributed by atoms with van der Waals surface area (Å²) in [5.41, 5.74) is 1.64. The van der Waals surface area contributed by atoms with Crippen molar-refractivity contribution in [3.05, 3.63) is 35.1 Å². The summed E-state index contributed by atoms with van der Waals surface area (Å²) < 4.78 is 13.5. The van der Waals surface area contributed by atoms with Crippen LogP contribution in [0.4, 0.5) is 4.39 Å². The molecule has 1 aliphatic rings. The molecule has 0 aromatic heterocycles. The Morgan fingerprint density at radius 1 is 1.37 bits per heavy atom. The van der Waals surface area contributed by atoms with Crippen LogP contribution >= 0.6 is 0 Å². The molecule has 0 aliphatic heterocycles. The van der Waals surface area contributed by atoms with Crippen LogP contribution in [-0.2, 0) is 6.54 Å². The van der Waals surface area contributed by atoms with Crippen molar-refractivity contribution < 1.29 is 9.50 Å². The van der Waals surface area contributed by atoms with Crippen molar-refractivity contribution in [1.82, 2.24) is 4.90 Å². The van der Waals surface area contributed by atoms with Gasteiger partial charge in [-0.3, -0.25) is 0 Å². The highest BCUT2D eigenvalue weighted by molar-refractivity contribution is 5.37. The third kappa shape index (κ3) is 5.02. The Morgan fingerprint density at radius 3 is 2.84 bits per heavy atom. The molecule has 2 nitrogen and oxygen atoms in total. The number of hydrogen-bond acceptors (Lipinski definition) is 2. The van der Waals surface area contributed by atoms with Gasteiger partial charge in [0.05, 0.1) is 6.61 Å². The molecular formula is C16H20FNO. The molecular weight excluding hydrogens is 241 g/mol. The second-order valence-corrected chi connectivity index (χ2v) is 5.26. The van der Waals surface area contributed by atoms with Crippen LogP contribution in [0.5, 0.6) is 0 Å². The summed E-state index contributed by atoms with van der Waals surface area (Å²) in [6.45, 7) is 1.88. The molecule has 1 aromatic rings. The Hall–Kier alpha value is -1.37. The minimum Gasteiger partial charge on any atom is -0.395 e. The maximum Gasteiger partial charge on any atom is 0.124 e. The minimum absolute atomic E-state index is 0.0410. The van der Waals surface area contributed by atoms with Crippen LogP contribution in [0.2, 0.25) is 0 Å². The van der Waals surface area contributed by atoms with Gasteiger partial charge in [-0.25, -0.2) is 4.39 Å². The number of aliphatic hydroxyl groups is 1. The van der Waals surface area contributed by atoms with E-state index in [1.807, 2.05) is 6.07 Å². The van der Waals surface area contributed by atoms with Gasteiger partial charge in [-0.2, -0.15) is 0 Å².